The number of benzene rings is 1. The van der Waals surface area contributed by atoms with Gasteiger partial charge in [0.2, 0.25) is 0 Å². The van der Waals surface area contributed by atoms with Crippen LogP contribution in [0.4, 0.5) is 4.39 Å². The Hall–Kier alpha value is -0.230. The highest BCUT2D eigenvalue weighted by Gasteiger charge is 2.16. The molecule has 2 aromatic rings. The second kappa shape index (κ2) is 7.69. The number of rotatable bonds is 6. The van der Waals surface area contributed by atoms with Crippen molar-refractivity contribution in [2.75, 3.05) is 6.54 Å². The average molecular weight is 421 g/mol. The van der Waals surface area contributed by atoms with Gasteiger partial charge in [-0.2, -0.15) is 0 Å². The Morgan fingerprint density at radius 2 is 2.05 bits per heavy atom. The number of hydrogen-bond donors (Lipinski definition) is 1. The summed E-state index contributed by atoms with van der Waals surface area (Å²) in [5.41, 5.74) is 0.734. The van der Waals surface area contributed by atoms with Crippen molar-refractivity contribution in [3.05, 3.63) is 54.8 Å². The summed E-state index contributed by atoms with van der Waals surface area (Å²) < 4.78 is 15.9. The van der Waals surface area contributed by atoms with Gasteiger partial charge >= 0.3 is 0 Å². The Morgan fingerprint density at radius 3 is 2.70 bits per heavy atom. The van der Waals surface area contributed by atoms with Crippen LogP contribution in [0.5, 0.6) is 0 Å². The lowest BCUT2D eigenvalue weighted by Crippen LogP contribution is -2.23. The van der Waals surface area contributed by atoms with E-state index in [0.717, 1.165) is 27.5 Å². The van der Waals surface area contributed by atoms with Crippen LogP contribution in [0.25, 0.3) is 0 Å². The molecule has 0 amide bonds. The van der Waals surface area contributed by atoms with Gasteiger partial charge < -0.3 is 5.32 Å². The maximum absolute atomic E-state index is 13.9. The van der Waals surface area contributed by atoms with E-state index in [4.69, 9.17) is 0 Å². The molecule has 1 nitrogen and oxygen atoms in total. The van der Waals surface area contributed by atoms with Crippen molar-refractivity contribution >= 4 is 43.2 Å². The lowest BCUT2D eigenvalue weighted by molar-refractivity contribution is 0.519. The van der Waals surface area contributed by atoms with Crippen molar-refractivity contribution in [2.24, 2.45) is 0 Å². The highest BCUT2D eigenvalue weighted by atomic mass is 79.9. The lowest BCUT2D eigenvalue weighted by atomic mass is 10.0. The summed E-state index contributed by atoms with van der Waals surface area (Å²) in [4.78, 5) is 1.23. The molecule has 1 N–H and O–H groups in total. The third kappa shape index (κ3) is 4.38. The molecule has 0 bridgehead atoms. The number of nitrogens with one attached hydrogen (secondary N) is 1. The minimum atomic E-state index is -0.146. The van der Waals surface area contributed by atoms with Gasteiger partial charge in [0.1, 0.15) is 5.82 Å². The van der Waals surface area contributed by atoms with Crippen LogP contribution < -0.4 is 5.32 Å². The molecule has 0 spiro atoms. The molecule has 0 saturated heterocycles. The molecule has 0 aliphatic rings. The van der Waals surface area contributed by atoms with Crippen LogP contribution >= 0.6 is 43.2 Å². The van der Waals surface area contributed by atoms with Gasteiger partial charge in [0.25, 0.3) is 0 Å². The summed E-state index contributed by atoms with van der Waals surface area (Å²) >= 11 is 8.58. The lowest BCUT2D eigenvalue weighted by Gasteiger charge is -2.18. The minimum absolute atomic E-state index is 0.146. The van der Waals surface area contributed by atoms with E-state index in [2.05, 4.69) is 55.5 Å². The first-order valence-electron chi connectivity index (χ1n) is 6.51. The van der Waals surface area contributed by atoms with Gasteiger partial charge in [0, 0.05) is 25.2 Å². The first kappa shape index (κ1) is 16.1. The molecule has 1 atom stereocenters. The summed E-state index contributed by atoms with van der Waals surface area (Å²) in [7, 11) is 0. The van der Waals surface area contributed by atoms with Crippen molar-refractivity contribution < 1.29 is 4.39 Å². The van der Waals surface area contributed by atoms with Crippen LogP contribution in [0.2, 0.25) is 0 Å². The molecule has 0 aliphatic carbocycles. The molecule has 0 fully saturated rings. The quantitative estimate of drug-likeness (QED) is 0.632. The summed E-state index contributed by atoms with van der Waals surface area (Å²) in [5, 5.41) is 5.56. The molecule has 0 radical (unpaired) electrons. The van der Waals surface area contributed by atoms with Gasteiger partial charge in [-0.15, -0.1) is 11.3 Å². The molecule has 20 heavy (non-hydrogen) atoms. The predicted octanol–water partition coefficient (Wildman–Crippen LogP) is 5.70. The summed E-state index contributed by atoms with van der Waals surface area (Å²) in [6, 6.07) is 7.36. The molecule has 1 unspecified atom stereocenters. The second-order valence-electron chi connectivity index (χ2n) is 4.61. The Labute approximate surface area is 139 Å². The normalized spacial score (nSPS) is 12.6. The summed E-state index contributed by atoms with van der Waals surface area (Å²) in [5.74, 6) is -0.146. The molecule has 108 valence electrons. The molecule has 1 heterocycles. The van der Waals surface area contributed by atoms with Gasteiger partial charge in [-0.3, -0.25) is 0 Å². The molecule has 2 rings (SSSR count). The van der Waals surface area contributed by atoms with Crippen molar-refractivity contribution in [1.82, 2.24) is 5.32 Å². The van der Waals surface area contributed by atoms with E-state index < -0.39 is 0 Å². The Bertz CT molecular complexity index is 571. The van der Waals surface area contributed by atoms with Gasteiger partial charge in [-0.25, -0.2) is 4.39 Å². The zero-order valence-electron chi connectivity index (χ0n) is 11.1. The fourth-order valence-electron chi connectivity index (χ4n) is 2.02. The predicted molar refractivity (Wildman–Crippen MR) is 90.9 cm³/mol. The number of thiophene rings is 1. The average Bonchev–Trinajstić information content (AvgIpc) is 2.85. The largest absolute Gasteiger partial charge is 0.309 e. The van der Waals surface area contributed by atoms with Gasteiger partial charge in [-0.05, 0) is 65.1 Å². The number of halogens is 3. The first-order chi connectivity index (χ1) is 9.60. The Morgan fingerprint density at radius 1 is 1.25 bits per heavy atom. The van der Waals surface area contributed by atoms with E-state index in [0.29, 0.717) is 6.42 Å². The standard InChI is InChI=1S/C15H16Br2FNS/c1-2-5-19-14(15-8-12(17)9-20-15)7-10-6-11(16)3-4-13(10)18/h3-4,6,8-9,14,19H,2,5,7H2,1H3. The third-order valence-corrected chi connectivity index (χ3v) is 5.30. The van der Waals surface area contributed by atoms with Crippen LogP contribution in [0.3, 0.4) is 0 Å². The molecule has 5 heteroatoms. The van der Waals surface area contributed by atoms with Crippen LogP contribution in [-0.2, 0) is 6.42 Å². The highest BCUT2D eigenvalue weighted by Crippen LogP contribution is 2.29. The van der Waals surface area contributed by atoms with Crippen LogP contribution in [0.1, 0.15) is 29.8 Å². The summed E-state index contributed by atoms with van der Waals surface area (Å²) in [6.45, 7) is 3.06. The molecule has 1 aromatic heterocycles. The number of hydrogen-bond acceptors (Lipinski definition) is 2. The maximum atomic E-state index is 13.9. The first-order valence-corrected chi connectivity index (χ1v) is 8.98. The van der Waals surface area contributed by atoms with E-state index in [1.807, 2.05) is 6.07 Å². The van der Waals surface area contributed by atoms with Gasteiger partial charge in [-0.1, -0.05) is 22.9 Å². The molecule has 1 aromatic carbocycles. The monoisotopic (exact) mass is 419 g/mol. The zero-order valence-corrected chi connectivity index (χ0v) is 15.1. The third-order valence-electron chi connectivity index (χ3n) is 3.00. The van der Waals surface area contributed by atoms with E-state index in [1.165, 1.54) is 10.9 Å². The molecule has 0 aliphatic heterocycles. The van der Waals surface area contributed by atoms with E-state index >= 15 is 0 Å². The smallest absolute Gasteiger partial charge is 0.126 e. The van der Waals surface area contributed by atoms with Gasteiger partial charge in [0.15, 0.2) is 0 Å². The second-order valence-corrected chi connectivity index (χ2v) is 7.39. The van der Waals surface area contributed by atoms with E-state index in [9.17, 15) is 4.39 Å². The van der Waals surface area contributed by atoms with E-state index in [1.54, 1.807) is 17.4 Å². The Kier molecular flexibility index (Phi) is 6.20. The summed E-state index contributed by atoms with van der Waals surface area (Å²) in [6.07, 6.45) is 1.71. The molecular weight excluding hydrogens is 405 g/mol. The van der Waals surface area contributed by atoms with Crippen molar-refractivity contribution in [1.29, 1.82) is 0 Å². The van der Waals surface area contributed by atoms with Crippen molar-refractivity contribution in [3.63, 3.8) is 0 Å². The zero-order chi connectivity index (χ0) is 14.5. The fraction of sp³-hybridized carbons (Fsp3) is 0.333. The van der Waals surface area contributed by atoms with Gasteiger partial charge in [0.05, 0.1) is 0 Å². The Balaban J connectivity index is 2.21. The van der Waals surface area contributed by atoms with Crippen LogP contribution in [-0.4, -0.2) is 6.54 Å². The molecule has 0 saturated carbocycles. The van der Waals surface area contributed by atoms with E-state index in [-0.39, 0.29) is 11.9 Å². The SMILES string of the molecule is CCCNC(Cc1cc(Br)ccc1F)c1cc(Br)cs1. The fourth-order valence-corrected chi connectivity index (χ4v) is 3.95. The van der Waals surface area contributed by atoms with Crippen molar-refractivity contribution in [2.45, 2.75) is 25.8 Å². The molecular formula is C15H16Br2FNS. The maximum Gasteiger partial charge on any atom is 0.126 e. The van der Waals surface area contributed by atoms with Crippen molar-refractivity contribution in [3.8, 4) is 0 Å². The topological polar surface area (TPSA) is 12.0 Å². The van der Waals surface area contributed by atoms with Crippen LogP contribution in [0.15, 0.2) is 38.6 Å². The highest BCUT2D eigenvalue weighted by molar-refractivity contribution is 9.10. The van der Waals surface area contributed by atoms with Crippen LogP contribution in [0, 0.1) is 5.82 Å². The minimum Gasteiger partial charge on any atom is -0.309 e.